The molecular formula is C23H26N4O3S. The highest BCUT2D eigenvalue weighted by molar-refractivity contribution is 8.14. The highest BCUT2D eigenvalue weighted by Gasteiger charge is 2.36. The van der Waals surface area contributed by atoms with E-state index in [2.05, 4.69) is 23.9 Å². The van der Waals surface area contributed by atoms with E-state index in [-0.39, 0.29) is 22.8 Å². The molecule has 2 aromatic heterocycles. The molecule has 162 valence electrons. The number of para-hydroxylation sites is 1. The zero-order valence-electron chi connectivity index (χ0n) is 18.1. The van der Waals surface area contributed by atoms with Crippen LogP contribution >= 0.6 is 11.8 Å². The molecule has 7 nitrogen and oxygen atoms in total. The van der Waals surface area contributed by atoms with Crippen LogP contribution in [0.5, 0.6) is 0 Å². The number of ether oxygens (including phenoxy) is 1. The monoisotopic (exact) mass is 438 g/mol. The molecule has 2 aliphatic rings. The van der Waals surface area contributed by atoms with Crippen LogP contribution in [0, 0.1) is 6.92 Å². The maximum Gasteiger partial charge on any atom is 0.271 e. The predicted molar refractivity (Wildman–Crippen MR) is 125 cm³/mol. The first kappa shape index (κ1) is 20.3. The zero-order chi connectivity index (χ0) is 21.9. The number of aromatic nitrogens is 3. The van der Waals surface area contributed by atoms with Gasteiger partial charge in [-0.05, 0) is 57.6 Å². The average molecular weight is 439 g/mol. The molecule has 0 bridgehead atoms. The summed E-state index contributed by atoms with van der Waals surface area (Å²) in [6.45, 7) is 8.67. The van der Waals surface area contributed by atoms with Gasteiger partial charge in [0.2, 0.25) is 0 Å². The third-order valence-corrected chi connectivity index (χ3v) is 7.34. The molecule has 4 heterocycles. The average Bonchev–Trinajstić information content (AvgIpc) is 3.03. The van der Waals surface area contributed by atoms with Gasteiger partial charge in [0.15, 0.2) is 5.82 Å². The van der Waals surface area contributed by atoms with Gasteiger partial charge in [0.25, 0.3) is 11.1 Å². The number of rotatable bonds is 2. The molecule has 1 fully saturated rings. The number of hydrogen-bond acceptors (Lipinski definition) is 5. The minimum Gasteiger partial charge on any atom is -0.375 e. The number of thioether (sulfide) groups is 1. The van der Waals surface area contributed by atoms with Crippen LogP contribution in [-0.2, 0) is 4.74 Å². The number of H-pyrrole nitrogens is 2. The number of aryl methyl sites for hydroxylation is 1. The van der Waals surface area contributed by atoms with E-state index in [1.54, 1.807) is 0 Å². The summed E-state index contributed by atoms with van der Waals surface area (Å²) in [5.74, 6) is 0.637. The second-order valence-electron chi connectivity index (χ2n) is 9.02. The number of nitrogens with zero attached hydrogens (tertiary/aromatic N) is 2. The van der Waals surface area contributed by atoms with Crippen molar-refractivity contribution in [3.63, 3.8) is 0 Å². The van der Waals surface area contributed by atoms with Crippen LogP contribution in [0.3, 0.4) is 0 Å². The number of benzene rings is 1. The lowest BCUT2D eigenvalue weighted by atomic mass is 9.94. The van der Waals surface area contributed by atoms with Crippen LogP contribution in [0.15, 0.2) is 38.8 Å². The van der Waals surface area contributed by atoms with E-state index >= 15 is 0 Å². The standard InChI is InChI=1S/C23H26N4O3S/c1-12-6-5-7-14-10-16(21(28)25-18(12)14)19-17-20(24-13(2)31-19)27(26-22(17)29)15-8-9-30-23(3,4)11-15/h5-7,10,15,19H,8-9,11H2,1-4H3,(H,25,28)(H,26,29)/t15-,19-/m0/s1. The number of pyridine rings is 1. The molecule has 0 radical (unpaired) electrons. The molecule has 0 amide bonds. The lowest BCUT2D eigenvalue weighted by molar-refractivity contribution is -0.0705. The molecule has 3 aromatic rings. The molecule has 8 heteroatoms. The minimum atomic E-state index is -0.404. The fourth-order valence-electron chi connectivity index (χ4n) is 4.71. The topological polar surface area (TPSA) is 92.2 Å². The largest absolute Gasteiger partial charge is 0.375 e. The fourth-order valence-corrected chi connectivity index (χ4v) is 5.82. The molecule has 1 saturated heterocycles. The summed E-state index contributed by atoms with van der Waals surface area (Å²) < 4.78 is 7.76. The van der Waals surface area contributed by atoms with Crippen molar-refractivity contribution in [2.45, 2.75) is 57.4 Å². The fraction of sp³-hybridized carbons (Fsp3) is 0.435. The Hall–Kier alpha value is -2.58. The molecule has 0 unspecified atom stereocenters. The smallest absolute Gasteiger partial charge is 0.271 e. The van der Waals surface area contributed by atoms with Crippen LogP contribution in [0.1, 0.15) is 61.6 Å². The molecule has 5 rings (SSSR count). The van der Waals surface area contributed by atoms with Crippen molar-refractivity contribution in [2.24, 2.45) is 4.99 Å². The zero-order valence-corrected chi connectivity index (χ0v) is 18.9. The van der Waals surface area contributed by atoms with Crippen molar-refractivity contribution in [3.05, 3.63) is 61.7 Å². The summed E-state index contributed by atoms with van der Waals surface area (Å²) in [7, 11) is 0. The normalized spacial score (nSPS) is 22.9. The van der Waals surface area contributed by atoms with Crippen molar-refractivity contribution < 1.29 is 4.74 Å². The first-order valence-corrected chi connectivity index (χ1v) is 11.4. The van der Waals surface area contributed by atoms with Gasteiger partial charge in [-0.25, -0.2) is 4.99 Å². The van der Waals surface area contributed by atoms with Crippen LogP contribution in [0.25, 0.3) is 10.9 Å². The van der Waals surface area contributed by atoms with Gasteiger partial charge in [-0.1, -0.05) is 30.0 Å². The van der Waals surface area contributed by atoms with Crippen LogP contribution in [-0.4, -0.2) is 32.0 Å². The van der Waals surface area contributed by atoms with Crippen molar-refractivity contribution in [3.8, 4) is 0 Å². The van der Waals surface area contributed by atoms with Crippen LogP contribution in [0.2, 0.25) is 0 Å². The Labute approximate surface area is 183 Å². The van der Waals surface area contributed by atoms with Gasteiger partial charge in [-0.2, -0.15) is 0 Å². The molecular weight excluding hydrogens is 412 g/mol. The van der Waals surface area contributed by atoms with Gasteiger partial charge in [0.1, 0.15) is 0 Å². The maximum atomic E-state index is 13.1. The van der Waals surface area contributed by atoms with E-state index in [0.29, 0.717) is 23.6 Å². The van der Waals surface area contributed by atoms with Gasteiger partial charge in [-0.15, -0.1) is 0 Å². The Morgan fingerprint density at radius 2 is 2.03 bits per heavy atom. The quantitative estimate of drug-likeness (QED) is 0.622. The molecule has 0 aliphatic carbocycles. The third kappa shape index (κ3) is 3.47. The number of fused-ring (bicyclic) bond motifs is 2. The summed E-state index contributed by atoms with van der Waals surface area (Å²) in [6, 6.07) is 7.94. The Kier molecular flexibility index (Phi) is 4.75. The molecule has 2 aliphatic heterocycles. The van der Waals surface area contributed by atoms with Gasteiger partial charge in [0, 0.05) is 12.2 Å². The molecule has 1 aromatic carbocycles. The molecule has 2 atom stereocenters. The summed E-state index contributed by atoms with van der Waals surface area (Å²) in [6.07, 6.45) is 1.59. The molecule has 31 heavy (non-hydrogen) atoms. The first-order chi connectivity index (χ1) is 14.7. The summed E-state index contributed by atoms with van der Waals surface area (Å²) in [4.78, 5) is 33.9. The molecule has 0 saturated carbocycles. The van der Waals surface area contributed by atoms with Crippen molar-refractivity contribution >= 4 is 33.5 Å². The van der Waals surface area contributed by atoms with Crippen molar-refractivity contribution in [1.82, 2.24) is 14.8 Å². The van der Waals surface area contributed by atoms with Crippen molar-refractivity contribution in [1.29, 1.82) is 0 Å². The number of hydrogen-bond donors (Lipinski definition) is 2. The summed E-state index contributed by atoms with van der Waals surface area (Å²) >= 11 is 1.45. The van der Waals surface area contributed by atoms with E-state index in [1.165, 1.54) is 11.8 Å². The summed E-state index contributed by atoms with van der Waals surface area (Å²) in [5.41, 5.74) is 2.37. The Morgan fingerprint density at radius 3 is 2.81 bits per heavy atom. The van der Waals surface area contributed by atoms with E-state index in [9.17, 15) is 9.59 Å². The summed E-state index contributed by atoms with van der Waals surface area (Å²) in [5, 5.41) is 4.41. The first-order valence-electron chi connectivity index (χ1n) is 10.6. The van der Waals surface area contributed by atoms with E-state index < -0.39 is 5.25 Å². The minimum absolute atomic E-state index is 0.0954. The Balaban J connectivity index is 1.65. The second kappa shape index (κ2) is 7.24. The maximum absolute atomic E-state index is 13.1. The van der Waals surface area contributed by atoms with E-state index in [1.807, 2.05) is 42.8 Å². The second-order valence-corrected chi connectivity index (χ2v) is 10.3. The van der Waals surface area contributed by atoms with Gasteiger partial charge in [0.05, 0.1) is 33.0 Å². The Bertz CT molecular complexity index is 1330. The van der Waals surface area contributed by atoms with E-state index in [0.717, 1.165) is 34.4 Å². The number of nitrogens with one attached hydrogen (secondary N) is 2. The highest BCUT2D eigenvalue weighted by atomic mass is 32.2. The van der Waals surface area contributed by atoms with Crippen LogP contribution in [0.4, 0.5) is 5.82 Å². The number of aromatic amines is 2. The lowest BCUT2D eigenvalue weighted by Crippen LogP contribution is -2.35. The predicted octanol–water partition coefficient (Wildman–Crippen LogP) is 4.34. The van der Waals surface area contributed by atoms with Crippen molar-refractivity contribution in [2.75, 3.05) is 6.61 Å². The molecule has 0 spiro atoms. The molecule has 2 N–H and O–H groups in total. The van der Waals surface area contributed by atoms with Gasteiger partial charge < -0.3 is 9.72 Å². The Morgan fingerprint density at radius 1 is 1.23 bits per heavy atom. The SMILES string of the molecule is CC1=Nc2c(c(=O)[nH]n2[C@H]2CCOC(C)(C)C2)[C@H](c2cc3cccc(C)c3[nH]c2=O)S1. The number of aliphatic imine (C=N–C) groups is 1. The van der Waals surface area contributed by atoms with Crippen LogP contribution < -0.4 is 11.1 Å². The van der Waals surface area contributed by atoms with Gasteiger partial charge >= 0.3 is 0 Å². The third-order valence-electron chi connectivity index (χ3n) is 6.19. The highest BCUT2D eigenvalue weighted by Crippen LogP contribution is 2.45. The van der Waals surface area contributed by atoms with Gasteiger partial charge in [-0.3, -0.25) is 19.4 Å². The lowest BCUT2D eigenvalue weighted by Gasteiger charge is -2.36. The van der Waals surface area contributed by atoms with E-state index in [4.69, 9.17) is 9.73 Å².